The van der Waals surface area contributed by atoms with Crippen molar-refractivity contribution in [2.24, 2.45) is 0 Å². The van der Waals surface area contributed by atoms with Gasteiger partial charge in [-0.1, -0.05) is 12.8 Å². The van der Waals surface area contributed by atoms with Gasteiger partial charge in [0, 0.05) is 61.4 Å². The molecule has 0 radical (unpaired) electrons. The van der Waals surface area contributed by atoms with Crippen LogP contribution >= 0.6 is 0 Å². The molecule has 2 unspecified atom stereocenters. The van der Waals surface area contributed by atoms with Crippen molar-refractivity contribution in [2.75, 3.05) is 26.2 Å². The Morgan fingerprint density at radius 2 is 0.604 bits per heavy atom. The van der Waals surface area contributed by atoms with Crippen LogP contribution in [-0.2, 0) is 9.47 Å². The number of rotatable bonds is 28. The van der Waals surface area contributed by atoms with Gasteiger partial charge in [0.05, 0.1) is 0 Å². The van der Waals surface area contributed by atoms with E-state index >= 15 is 0 Å². The summed E-state index contributed by atoms with van der Waals surface area (Å²) < 4.78 is 12.4. The Morgan fingerprint density at radius 3 is 0.854 bits per heavy atom. The van der Waals surface area contributed by atoms with Crippen molar-refractivity contribution in [3.63, 3.8) is 0 Å². The lowest BCUT2D eigenvalue weighted by atomic mass is 10.1. The molecule has 48 heavy (non-hydrogen) atoms. The first kappa shape index (κ1) is 47.1. The predicted octanol–water partition coefficient (Wildman–Crippen LogP) is 10.3. The highest BCUT2D eigenvalue weighted by Crippen LogP contribution is 2.20. The standard InChI is InChI=1S/C41H86N4O3/c1-31(2)42(32(3)4)27-21-17-19-23-39(25-29-44(35(9)10)36(11)12)47-41(46)48-40(26-30-45(37(13)14)38(15)16)24-20-18-22-28-43(33(5)6)34(7)8/h31-40H,17-30H2,1-16H3. The van der Waals surface area contributed by atoms with Crippen LogP contribution in [0.25, 0.3) is 0 Å². The molecular weight excluding hydrogens is 596 g/mol. The van der Waals surface area contributed by atoms with Gasteiger partial charge in [-0.25, -0.2) is 4.79 Å². The summed E-state index contributed by atoms with van der Waals surface area (Å²) in [7, 11) is 0. The van der Waals surface area contributed by atoms with Crippen molar-refractivity contribution in [3.05, 3.63) is 0 Å². The number of nitrogens with zero attached hydrogens (tertiary/aromatic N) is 4. The highest BCUT2D eigenvalue weighted by atomic mass is 16.7. The Bertz CT molecular complexity index is 690. The van der Waals surface area contributed by atoms with Crippen molar-refractivity contribution in [2.45, 2.75) is 236 Å². The van der Waals surface area contributed by atoms with Crippen LogP contribution in [0.3, 0.4) is 0 Å². The molecule has 0 rings (SSSR count). The van der Waals surface area contributed by atoms with Gasteiger partial charge >= 0.3 is 6.16 Å². The van der Waals surface area contributed by atoms with E-state index < -0.39 is 6.16 Å². The van der Waals surface area contributed by atoms with Crippen molar-refractivity contribution in [3.8, 4) is 0 Å². The van der Waals surface area contributed by atoms with Crippen molar-refractivity contribution in [1.29, 1.82) is 0 Å². The molecule has 0 N–H and O–H groups in total. The Kier molecular flexibility index (Phi) is 25.5. The first-order valence-electron chi connectivity index (χ1n) is 20.3. The average molecular weight is 683 g/mol. The van der Waals surface area contributed by atoms with Crippen LogP contribution in [0.2, 0.25) is 0 Å². The average Bonchev–Trinajstić information content (AvgIpc) is 2.94. The summed E-state index contributed by atoms with van der Waals surface area (Å²) in [5, 5.41) is 0. The number of unbranched alkanes of at least 4 members (excludes halogenated alkanes) is 4. The van der Waals surface area contributed by atoms with Gasteiger partial charge < -0.3 is 9.47 Å². The summed E-state index contributed by atoms with van der Waals surface area (Å²) in [6.07, 6.45) is 9.54. The molecule has 0 spiro atoms. The zero-order chi connectivity index (χ0) is 37.0. The van der Waals surface area contributed by atoms with Crippen LogP contribution < -0.4 is 0 Å². The summed E-state index contributed by atoms with van der Waals surface area (Å²) in [4.78, 5) is 23.6. The Balaban J connectivity index is 5.48. The third-order valence-electron chi connectivity index (χ3n) is 10.1. The largest absolute Gasteiger partial charge is 0.508 e. The summed E-state index contributed by atoms with van der Waals surface area (Å²) in [5.74, 6) is 0. The fraction of sp³-hybridized carbons (Fsp3) is 0.976. The van der Waals surface area contributed by atoms with E-state index in [1.54, 1.807) is 0 Å². The van der Waals surface area contributed by atoms with Gasteiger partial charge in [0.2, 0.25) is 0 Å². The second-order valence-electron chi connectivity index (χ2n) is 16.7. The highest BCUT2D eigenvalue weighted by molar-refractivity contribution is 5.60. The number of carbonyl (C=O) groups is 1. The van der Waals surface area contributed by atoms with E-state index in [2.05, 4.69) is 130 Å². The quantitative estimate of drug-likeness (QED) is 0.0601. The number of hydrogen-bond donors (Lipinski definition) is 0. The maximum absolute atomic E-state index is 13.5. The normalized spacial score (nSPS) is 14.2. The molecule has 2 atom stereocenters. The van der Waals surface area contributed by atoms with E-state index in [0.717, 1.165) is 77.5 Å². The molecule has 0 aliphatic rings. The molecule has 0 aromatic carbocycles. The summed E-state index contributed by atoms with van der Waals surface area (Å²) in [6.45, 7) is 40.4. The zero-order valence-electron chi connectivity index (χ0n) is 35.2. The molecule has 0 fully saturated rings. The maximum atomic E-state index is 13.5. The lowest BCUT2D eigenvalue weighted by Gasteiger charge is -2.33. The molecule has 288 valence electrons. The van der Waals surface area contributed by atoms with Crippen LogP contribution in [0.1, 0.15) is 175 Å². The van der Waals surface area contributed by atoms with Crippen LogP contribution in [-0.4, -0.2) is 112 Å². The van der Waals surface area contributed by atoms with Gasteiger partial charge in [-0.15, -0.1) is 0 Å². The predicted molar refractivity (Wildman–Crippen MR) is 209 cm³/mol. The summed E-state index contributed by atoms with van der Waals surface area (Å²) >= 11 is 0. The number of carbonyl (C=O) groups excluding carboxylic acids is 1. The SMILES string of the molecule is CC(C)N(CCCCCC(CCN(C(C)C)C(C)C)OC(=O)OC(CCCCCN(C(C)C)C(C)C)CCN(C(C)C)C(C)C)C(C)C. The Labute approximate surface area is 301 Å². The van der Waals surface area contributed by atoms with Gasteiger partial charge in [-0.05, 0) is 175 Å². The van der Waals surface area contributed by atoms with Crippen molar-refractivity contribution < 1.29 is 14.3 Å². The minimum Gasteiger partial charge on any atom is -0.431 e. The molecule has 0 heterocycles. The lowest BCUT2D eigenvalue weighted by molar-refractivity contribution is -0.0178. The minimum atomic E-state index is -0.470. The van der Waals surface area contributed by atoms with Crippen LogP contribution in [0, 0.1) is 0 Å². The van der Waals surface area contributed by atoms with Gasteiger partial charge in [0.15, 0.2) is 0 Å². The van der Waals surface area contributed by atoms with Crippen LogP contribution in [0.5, 0.6) is 0 Å². The van der Waals surface area contributed by atoms with E-state index in [4.69, 9.17) is 9.47 Å². The Morgan fingerprint density at radius 1 is 0.354 bits per heavy atom. The maximum Gasteiger partial charge on any atom is 0.508 e. The molecule has 0 saturated carbocycles. The van der Waals surface area contributed by atoms with Crippen LogP contribution in [0.15, 0.2) is 0 Å². The molecule has 0 aromatic heterocycles. The minimum absolute atomic E-state index is 0.120. The van der Waals surface area contributed by atoms with Gasteiger partial charge in [-0.3, -0.25) is 19.6 Å². The zero-order valence-corrected chi connectivity index (χ0v) is 35.2. The first-order chi connectivity index (χ1) is 22.4. The van der Waals surface area contributed by atoms with Gasteiger partial charge in [0.1, 0.15) is 12.2 Å². The smallest absolute Gasteiger partial charge is 0.431 e. The fourth-order valence-corrected chi connectivity index (χ4v) is 7.55. The molecule has 0 amide bonds. The Hall–Kier alpha value is -0.890. The molecule has 7 nitrogen and oxygen atoms in total. The van der Waals surface area contributed by atoms with Crippen molar-refractivity contribution in [1.82, 2.24) is 19.6 Å². The van der Waals surface area contributed by atoms with Gasteiger partial charge in [-0.2, -0.15) is 0 Å². The molecule has 0 aliphatic heterocycles. The monoisotopic (exact) mass is 683 g/mol. The molecule has 0 saturated heterocycles. The third-order valence-corrected chi connectivity index (χ3v) is 10.1. The fourth-order valence-electron chi connectivity index (χ4n) is 7.55. The molecule has 0 bridgehead atoms. The highest BCUT2D eigenvalue weighted by Gasteiger charge is 2.24. The first-order valence-corrected chi connectivity index (χ1v) is 20.3. The lowest BCUT2D eigenvalue weighted by Crippen LogP contribution is -2.40. The van der Waals surface area contributed by atoms with Crippen molar-refractivity contribution >= 4 is 6.16 Å². The summed E-state index contributed by atoms with van der Waals surface area (Å²) in [6, 6.07) is 4.07. The van der Waals surface area contributed by atoms with Gasteiger partial charge in [0.25, 0.3) is 0 Å². The number of ether oxygens (including phenoxy) is 2. The molecule has 0 aromatic rings. The van der Waals surface area contributed by atoms with E-state index in [0.29, 0.717) is 48.3 Å². The second kappa shape index (κ2) is 26.0. The molecule has 7 heteroatoms. The number of hydrogen-bond acceptors (Lipinski definition) is 7. The van der Waals surface area contributed by atoms with E-state index in [-0.39, 0.29) is 12.2 Å². The summed E-state index contributed by atoms with van der Waals surface area (Å²) in [5.41, 5.74) is 0. The molecule has 0 aliphatic carbocycles. The second-order valence-corrected chi connectivity index (χ2v) is 16.7. The van der Waals surface area contributed by atoms with Crippen LogP contribution in [0.4, 0.5) is 4.79 Å². The third kappa shape index (κ3) is 20.7. The van der Waals surface area contributed by atoms with E-state index in [1.807, 2.05) is 0 Å². The molecular formula is C41H86N4O3. The van der Waals surface area contributed by atoms with E-state index in [9.17, 15) is 4.79 Å². The topological polar surface area (TPSA) is 48.5 Å². The van der Waals surface area contributed by atoms with E-state index in [1.165, 1.54) is 12.8 Å².